The molecule has 0 saturated carbocycles. The monoisotopic (exact) mass is 375 g/mol. The van der Waals surface area contributed by atoms with Crippen LogP contribution in [0.2, 0.25) is 0 Å². The summed E-state index contributed by atoms with van der Waals surface area (Å²) in [7, 11) is 0. The number of carbonyl (C=O) groups excluding carboxylic acids is 1. The van der Waals surface area contributed by atoms with Crippen molar-refractivity contribution >= 4 is 17.5 Å². The largest absolute Gasteiger partial charge is 0.444 e. The molecule has 10 heteroatoms. The van der Waals surface area contributed by atoms with Gasteiger partial charge in [0.15, 0.2) is 0 Å². The molecule has 0 bridgehead atoms. The topological polar surface area (TPSA) is 84.7 Å². The van der Waals surface area contributed by atoms with Crippen molar-refractivity contribution in [1.82, 2.24) is 5.32 Å². The molecule has 0 aliphatic carbocycles. The summed E-state index contributed by atoms with van der Waals surface area (Å²) in [5.74, 6) is 0. The van der Waals surface area contributed by atoms with E-state index in [0.717, 1.165) is 12.1 Å². The van der Waals surface area contributed by atoms with Crippen LogP contribution in [0.5, 0.6) is 0 Å². The molecule has 0 spiro atoms. The number of benzene rings is 1. The number of nitrogens with zero attached hydrogens (tertiary/aromatic N) is 2. The molecule has 1 atom stereocenters. The molecular formula is C16H20F3N3O4. The van der Waals surface area contributed by atoms with Crippen LogP contribution in [0.15, 0.2) is 18.2 Å². The summed E-state index contributed by atoms with van der Waals surface area (Å²) >= 11 is 0. The Hall–Kier alpha value is -2.52. The van der Waals surface area contributed by atoms with Crippen LogP contribution < -0.4 is 10.2 Å². The molecule has 1 aromatic rings. The SMILES string of the molecule is CC(C)(C)OC(=O)NC1CCN(c2ccc([N+](=O)[O-])c(C(F)(F)F)c2)C1. The third kappa shape index (κ3) is 4.99. The smallest absolute Gasteiger partial charge is 0.423 e. The minimum atomic E-state index is -4.83. The number of halogens is 3. The van der Waals surface area contributed by atoms with Crippen LogP contribution in [-0.2, 0) is 10.9 Å². The maximum atomic E-state index is 13.1. The van der Waals surface area contributed by atoms with Crippen LogP contribution in [-0.4, -0.2) is 35.7 Å². The number of rotatable bonds is 3. The summed E-state index contributed by atoms with van der Waals surface area (Å²) in [4.78, 5) is 23.2. The first-order valence-corrected chi connectivity index (χ1v) is 7.97. The molecule has 1 aliphatic heterocycles. The van der Waals surface area contributed by atoms with Gasteiger partial charge in [-0.15, -0.1) is 0 Å². The van der Waals surface area contributed by atoms with E-state index in [9.17, 15) is 28.1 Å². The van der Waals surface area contributed by atoms with Gasteiger partial charge >= 0.3 is 12.3 Å². The molecule has 1 fully saturated rings. The number of nitro groups is 1. The van der Waals surface area contributed by atoms with E-state index in [-0.39, 0.29) is 18.3 Å². The van der Waals surface area contributed by atoms with Gasteiger partial charge in [0.25, 0.3) is 5.69 Å². The average Bonchev–Trinajstić information content (AvgIpc) is 2.91. The van der Waals surface area contributed by atoms with Gasteiger partial charge in [0, 0.05) is 24.8 Å². The van der Waals surface area contributed by atoms with Gasteiger partial charge in [-0.05, 0) is 39.3 Å². The fraction of sp³-hybridized carbons (Fsp3) is 0.562. The number of ether oxygens (including phenoxy) is 1. The number of alkyl halides is 3. The Balaban J connectivity index is 2.11. The van der Waals surface area contributed by atoms with Gasteiger partial charge in [0.2, 0.25) is 0 Å². The van der Waals surface area contributed by atoms with Crippen molar-refractivity contribution in [3.05, 3.63) is 33.9 Å². The number of hydrogen-bond acceptors (Lipinski definition) is 5. The molecular weight excluding hydrogens is 355 g/mol. The van der Waals surface area contributed by atoms with E-state index in [0.29, 0.717) is 13.0 Å². The first-order chi connectivity index (χ1) is 11.9. The third-order valence-corrected chi connectivity index (χ3v) is 3.76. The van der Waals surface area contributed by atoms with Gasteiger partial charge in [-0.25, -0.2) is 4.79 Å². The van der Waals surface area contributed by atoms with Crippen LogP contribution in [0, 0.1) is 10.1 Å². The third-order valence-electron chi connectivity index (χ3n) is 3.76. The van der Waals surface area contributed by atoms with Gasteiger partial charge < -0.3 is 15.0 Å². The Kier molecular flexibility index (Phi) is 5.33. The maximum Gasteiger partial charge on any atom is 0.423 e. The van der Waals surface area contributed by atoms with E-state index in [1.54, 1.807) is 25.7 Å². The number of nitrogens with one attached hydrogen (secondary N) is 1. The molecule has 26 heavy (non-hydrogen) atoms. The molecule has 1 amide bonds. The Labute approximate surface area is 148 Å². The highest BCUT2D eigenvalue weighted by molar-refractivity contribution is 5.68. The van der Waals surface area contributed by atoms with E-state index >= 15 is 0 Å². The van der Waals surface area contributed by atoms with Crippen LogP contribution in [0.1, 0.15) is 32.8 Å². The number of nitro benzene ring substituents is 1. The van der Waals surface area contributed by atoms with Crippen molar-refractivity contribution in [1.29, 1.82) is 0 Å². The lowest BCUT2D eigenvalue weighted by molar-refractivity contribution is -0.388. The Bertz CT molecular complexity index is 701. The molecule has 1 heterocycles. The molecule has 144 valence electrons. The van der Waals surface area contributed by atoms with Crippen LogP contribution in [0.4, 0.5) is 29.3 Å². The molecule has 1 N–H and O–H groups in total. The normalized spacial score (nSPS) is 17.9. The number of anilines is 1. The predicted molar refractivity (Wildman–Crippen MR) is 88.1 cm³/mol. The van der Waals surface area contributed by atoms with Crippen LogP contribution in [0.25, 0.3) is 0 Å². The van der Waals surface area contributed by atoms with Gasteiger partial charge in [-0.1, -0.05) is 0 Å². The molecule has 7 nitrogen and oxygen atoms in total. The van der Waals surface area contributed by atoms with Crippen molar-refractivity contribution in [2.45, 2.75) is 45.0 Å². The molecule has 1 aromatic carbocycles. The number of alkyl carbamates (subject to hydrolysis) is 1. The van der Waals surface area contributed by atoms with Crippen molar-refractivity contribution in [3.8, 4) is 0 Å². The average molecular weight is 375 g/mol. The summed E-state index contributed by atoms with van der Waals surface area (Å²) in [6.07, 6.45) is -4.90. The number of carbonyl (C=O) groups is 1. The number of hydrogen-bond donors (Lipinski definition) is 1. The van der Waals surface area contributed by atoms with Crippen molar-refractivity contribution in [3.63, 3.8) is 0 Å². The molecule has 2 rings (SSSR count). The summed E-state index contributed by atoms with van der Waals surface area (Å²) in [5, 5.41) is 13.5. The molecule has 1 saturated heterocycles. The fourth-order valence-electron chi connectivity index (χ4n) is 2.69. The first-order valence-electron chi connectivity index (χ1n) is 7.97. The summed E-state index contributed by atoms with van der Waals surface area (Å²) in [6, 6.07) is 2.62. The van der Waals surface area contributed by atoms with E-state index in [1.807, 2.05) is 0 Å². The Morgan fingerprint density at radius 2 is 2.00 bits per heavy atom. The van der Waals surface area contributed by atoms with Gasteiger partial charge in [-0.2, -0.15) is 13.2 Å². The second kappa shape index (κ2) is 7.00. The predicted octanol–water partition coefficient (Wildman–Crippen LogP) is 3.72. The summed E-state index contributed by atoms with van der Waals surface area (Å²) in [6.45, 7) is 5.87. The van der Waals surface area contributed by atoms with Gasteiger partial charge in [-0.3, -0.25) is 10.1 Å². The lowest BCUT2D eigenvalue weighted by atomic mass is 10.1. The Morgan fingerprint density at radius 3 is 2.54 bits per heavy atom. The highest BCUT2D eigenvalue weighted by Gasteiger charge is 2.39. The fourth-order valence-corrected chi connectivity index (χ4v) is 2.69. The van der Waals surface area contributed by atoms with Crippen LogP contribution in [0.3, 0.4) is 0 Å². The number of amides is 1. The van der Waals surface area contributed by atoms with E-state index in [4.69, 9.17) is 4.74 Å². The quantitative estimate of drug-likeness (QED) is 0.643. The second-order valence-corrected chi connectivity index (χ2v) is 7.03. The first kappa shape index (κ1) is 19.8. The minimum Gasteiger partial charge on any atom is -0.444 e. The van der Waals surface area contributed by atoms with Crippen molar-refractivity contribution in [2.24, 2.45) is 0 Å². The standard InChI is InChI=1S/C16H20F3N3O4/c1-15(2,3)26-14(23)20-10-6-7-21(9-10)11-4-5-13(22(24)25)12(8-11)16(17,18)19/h4-5,8,10H,6-7,9H2,1-3H3,(H,20,23). The van der Waals surface area contributed by atoms with E-state index in [2.05, 4.69) is 5.32 Å². The maximum absolute atomic E-state index is 13.1. The molecule has 1 aliphatic rings. The van der Waals surface area contributed by atoms with Crippen molar-refractivity contribution in [2.75, 3.05) is 18.0 Å². The molecule has 1 unspecified atom stereocenters. The molecule has 0 radical (unpaired) electrons. The Morgan fingerprint density at radius 1 is 1.35 bits per heavy atom. The summed E-state index contributed by atoms with van der Waals surface area (Å²) in [5.41, 5.74) is -2.70. The lowest BCUT2D eigenvalue weighted by Crippen LogP contribution is -2.40. The highest BCUT2D eigenvalue weighted by atomic mass is 19.4. The summed E-state index contributed by atoms with van der Waals surface area (Å²) < 4.78 is 44.4. The van der Waals surface area contributed by atoms with E-state index < -0.39 is 34.0 Å². The highest BCUT2D eigenvalue weighted by Crippen LogP contribution is 2.38. The van der Waals surface area contributed by atoms with Gasteiger partial charge in [0.05, 0.1) is 11.0 Å². The van der Waals surface area contributed by atoms with Crippen molar-refractivity contribution < 1.29 is 27.6 Å². The van der Waals surface area contributed by atoms with Crippen LogP contribution >= 0.6 is 0 Å². The molecule has 0 aromatic heterocycles. The zero-order valence-corrected chi connectivity index (χ0v) is 14.6. The lowest BCUT2D eigenvalue weighted by Gasteiger charge is -2.23. The van der Waals surface area contributed by atoms with E-state index in [1.165, 1.54) is 6.07 Å². The second-order valence-electron chi connectivity index (χ2n) is 7.03. The zero-order valence-electron chi connectivity index (χ0n) is 14.6. The minimum absolute atomic E-state index is 0.219. The van der Waals surface area contributed by atoms with Gasteiger partial charge in [0.1, 0.15) is 11.2 Å². The zero-order chi connectivity index (χ0) is 19.7.